The molecule has 0 aliphatic carbocycles. The Morgan fingerprint density at radius 2 is 1.96 bits per heavy atom. The lowest BCUT2D eigenvalue weighted by molar-refractivity contribution is -0.119. The van der Waals surface area contributed by atoms with Crippen LogP contribution in [0.3, 0.4) is 0 Å². The molecule has 2 N–H and O–H groups in total. The van der Waals surface area contributed by atoms with Crippen LogP contribution >= 0.6 is 0 Å². The van der Waals surface area contributed by atoms with Gasteiger partial charge < -0.3 is 20.3 Å². The van der Waals surface area contributed by atoms with Gasteiger partial charge in [-0.1, -0.05) is 0 Å². The maximum absolute atomic E-state index is 12.4. The molecule has 130 valence electrons. The highest BCUT2D eigenvalue weighted by atomic mass is 16.5. The van der Waals surface area contributed by atoms with E-state index in [1.165, 1.54) is 6.92 Å². The van der Waals surface area contributed by atoms with Crippen LogP contribution in [0.15, 0.2) is 24.3 Å². The first-order valence-electron chi connectivity index (χ1n) is 8.01. The largest absolute Gasteiger partial charge is 0.375 e. The van der Waals surface area contributed by atoms with Gasteiger partial charge in [-0.3, -0.25) is 14.4 Å². The summed E-state index contributed by atoms with van der Waals surface area (Å²) in [4.78, 5) is 36.7. The molecule has 3 amide bonds. The van der Waals surface area contributed by atoms with Crippen molar-refractivity contribution in [1.29, 1.82) is 0 Å². The van der Waals surface area contributed by atoms with E-state index in [2.05, 4.69) is 10.6 Å². The van der Waals surface area contributed by atoms with Gasteiger partial charge in [0.2, 0.25) is 11.8 Å². The number of carbonyl (C=O) groups is 3. The molecule has 0 spiro atoms. The molecule has 7 nitrogen and oxygen atoms in total. The molecule has 0 bridgehead atoms. The average molecular weight is 333 g/mol. The summed E-state index contributed by atoms with van der Waals surface area (Å²) in [5, 5.41) is 5.30. The van der Waals surface area contributed by atoms with Gasteiger partial charge in [0.15, 0.2) is 0 Å². The summed E-state index contributed by atoms with van der Waals surface area (Å²) >= 11 is 0. The smallest absolute Gasteiger partial charge is 0.254 e. The van der Waals surface area contributed by atoms with E-state index in [0.29, 0.717) is 37.5 Å². The fraction of sp³-hybridized carbons (Fsp3) is 0.471. The van der Waals surface area contributed by atoms with Crippen LogP contribution in [0.5, 0.6) is 0 Å². The van der Waals surface area contributed by atoms with Crippen molar-refractivity contribution in [2.45, 2.75) is 26.4 Å². The van der Waals surface area contributed by atoms with E-state index in [0.717, 1.165) is 0 Å². The topological polar surface area (TPSA) is 87.7 Å². The molecule has 1 aromatic rings. The van der Waals surface area contributed by atoms with E-state index >= 15 is 0 Å². The lowest BCUT2D eigenvalue weighted by Gasteiger charge is -2.31. The van der Waals surface area contributed by atoms with E-state index < -0.39 is 0 Å². The van der Waals surface area contributed by atoms with Gasteiger partial charge in [0, 0.05) is 44.2 Å². The van der Waals surface area contributed by atoms with Gasteiger partial charge in [-0.05, 0) is 31.2 Å². The third kappa shape index (κ3) is 5.34. The quantitative estimate of drug-likeness (QED) is 0.842. The van der Waals surface area contributed by atoms with Crippen molar-refractivity contribution >= 4 is 23.4 Å². The fourth-order valence-electron chi connectivity index (χ4n) is 2.46. The number of amides is 3. The third-order valence-electron chi connectivity index (χ3n) is 3.67. The normalized spacial score (nSPS) is 17.2. The van der Waals surface area contributed by atoms with E-state index in [-0.39, 0.29) is 30.2 Å². The number of ether oxygens (including phenoxy) is 1. The molecule has 1 fully saturated rings. The van der Waals surface area contributed by atoms with Crippen LogP contribution in [-0.2, 0) is 14.3 Å². The first-order valence-corrected chi connectivity index (χ1v) is 8.01. The Kier molecular flexibility index (Phi) is 6.31. The van der Waals surface area contributed by atoms with Gasteiger partial charge in [0.1, 0.15) is 0 Å². The molecule has 1 atom stereocenters. The molecule has 1 aromatic carbocycles. The molecule has 1 saturated heterocycles. The average Bonchev–Trinajstić information content (AvgIpc) is 2.54. The zero-order valence-electron chi connectivity index (χ0n) is 14.0. The molecule has 1 aliphatic heterocycles. The molecule has 0 saturated carbocycles. The summed E-state index contributed by atoms with van der Waals surface area (Å²) in [6, 6.07) is 6.80. The Morgan fingerprint density at radius 1 is 1.25 bits per heavy atom. The van der Waals surface area contributed by atoms with Crippen molar-refractivity contribution in [3.63, 3.8) is 0 Å². The minimum absolute atomic E-state index is 0.0336. The van der Waals surface area contributed by atoms with Crippen LogP contribution in [0.1, 0.15) is 30.6 Å². The molecule has 1 aliphatic rings. The number of nitrogens with zero attached hydrogens (tertiary/aromatic N) is 1. The zero-order valence-corrected chi connectivity index (χ0v) is 14.0. The number of morpholine rings is 1. The summed E-state index contributed by atoms with van der Waals surface area (Å²) in [6.45, 7) is 5.37. The second-order valence-electron chi connectivity index (χ2n) is 5.79. The van der Waals surface area contributed by atoms with Crippen molar-refractivity contribution in [1.82, 2.24) is 10.2 Å². The Morgan fingerprint density at radius 3 is 2.58 bits per heavy atom. The SMILES string of the molecule is CC(=O)NCCC(=O)Nc1ccc(C(=O)N2CCOC(C)C2)cc1. The van der Waals surface area contributed by atoms with Crippen molar-refractivity contribution in [3.8, 4) is 0 Å². The highest BCUT2D eigenvalue weighted by Crippen LogP contribution is 2.14. The summed E-state index contributed by atoms with van der Waals surface area (Å²) in [6.07, 6.45) is 0.247. The van der Waals surface area contributed by atoms with Crippen molar-refractivity contribution in [2.24, 2.45) is 0 Å². The van der Waals surface area contributed by atoms with Crippen LogP contribution in [0, 0.1) is 0 Å². The second-order valence-corrected chi connectivity index (χ2v) is 5.79. The number of anilines is 1. The maximum atomic E-state index is 12.4. The number of nitrogens with one attached hydrogen (secondary N) is 2. The molecule has 1 heterocycles. The lowest BCUT2D eigenvalue weighted by Crippen LogP contribution is -2.44. The van der Waals surface area contributed by atoms with Gasteiger partial charge in [0.05, 0.1) is 12.7 Å². The molecular weight excluding hydrogens is 310 g/mol. The van der Waals surface area contributed by atoms with Gasteiger partial charge in [-0.25, -0.2) is 0 Å². The van der Waals surface area contributed by atoms with Crippen molar-refractivity contribution in [2.75, 3.05) is 31.6 Å². The van der Waals surface area contributed by atoms with Crippen LogP contribution in [0.25, 0.3) is 0 Å². The molecule has 0 aromatic heterocycles. The fourth-order valence-corrected chi connectivity index (χ4v) is 2.46. The number of benzene rings is 1. The van der Waals surface area contributed by atoms with Crippen LogP contribution < -0.4 is 10.6 Å². The van der Waals surface area contributed by atoms with Gasteiger partial charge in [-0.2, -0.15) is 0 Å². The van der Waals surface area contributed by atoms with Gasteiger partial charge in [0.25, 0.3) is 5.91 Å². The van der Waals surface area contributed by atoms with Gasteiger partial charge in [-0.15, -0.1) is 0 Å². The first-order chi connectivity index (χ1) is 11.5. The summed E-state index contributed by atoms with van der Waals surface area (Å²) in [5.74, 6) is -0.387. The Labute approximate surface area is 141 Å². The molecular formula is C17H23N3O4. The highest BCUT2D eigenvalue weighted by Gasteiger charge is 2.22. The minimum Gasteiger partial charge on any atom is -0.375 e. The standard InChI is InChI=1S/C17H23N3O4/c1-12-11-20(9-10-24-12)17(23)14-3-5-15(6-4-14)19-16(22)7-8-18-13(2)21/h3-6,12H,7-11H2,1-2H3,(H,18,21)(H,19,22). The Balaban J connectivity index is 1.87. The molecule has 7 heteroatoms. The van der Waals surface area contributed by atoms with Crippen LogP contribution in [0.4, 0.5) is 5.69 Å². The number of hydrogen-bond acceptors (Lipinski definition) is 4. The number of rotatable bonds is 5. The summed E-state index contributed by atoms with van der Waals surface area (Å²) in [7, 11) is 0. The van der Waals surface area contributed by atoms with Crippen molar-refractivity contribution < 1.29 is 19.1 Å². The van der Waals surface area contributed by atoms with Crippen LogP contribution in [0.2, 0.25) is 0 Å². The second kappa shape index (κ2) is 8.44. The van der Waals surface area contributed by atoms with Gasteiger partial charge >= 0.3 is 0 Å². The minimum atomic E-state index is -0.190. The van der Waals surface area contributed by atoms with Crippen molar-refractivity contribution in [3.05, 3.63) is 29.8 Å². The Bertz CT molecular complexity index is 600. The summed E-state index contributed by atoms with van der Waals surface area (Å²) < 4.78 is 5.44. The molecule has 1 unspecified atom stereocenters. The van der Waals surface area contributed by atoms with E-state index in [9.17, 15) is 14.4 Å². The third-order valence-corrected chi connectivity index (χ3v) is 3.67. The number of hydrogen-bond donors (Lipinski definition) is 2. The van der Waals surface area contributed by atoms with Crippen LogP contribution in [-0.4, -0.2) is 55.0 Å². The highest BCUT2D eigenvalue weighted by molar-refractivity contribution is 5.96. The zero-order chi connectivity index (χ0) is 17.5. The Hall–Kier alpha value is -2.41. The molecule has 2 rings (SSSR count). The van der Waals surface area contributed by atoms with E-state index in [1.54, 1.807) is 29.2 Å². The first kappa shape index (κ1) is 17.9. The maximum Gasteiger partial charge on any atom is 0.254 e. The molecule has 24 heavy (non-hydrogen) atoms. The number of carbonyl (C=O) groups excluding carboxylic acids is 3. The monoisotopic (exact) mass is 333 g/mol. The van der Waals surface area contributed by atoms with E-state index in [1.807, 2.05) is 6.92 Å². The van der Waals surface area contributed by atoms with E-state index in [4.69, 9.17) is 4.74 Å². The predicted molar refractivity (Wildman–Crippen MR) is 89.7 cm³/mol. The molecule has 0 radical (unpaired) electrons. The summed E-state index contributed by atoms with van der Waals surface area (Å²) in [5.41, 5.74) is 1.20. The lowest BCUT2D eigenvalue weighted by atomic mass is 10.1. The predicted octanol–water partition coefficient (Wildman–Crippen LogP) is 1.01.